The Kier molecular flexibility index (Phi) is 43.8. The molecule has 0 aromatic heterocycles. The normalized spacial score (nSPS) is 20.4. The summed E-state index contributed by atoms with van der Waals surface area (Å²) in [6, 6.07) is -0.826. The van der Waals surface area contributed by atoms with E-state index in [1.807, 2.05) is 6.08 Å². The zero-order chi connectivity index (χ0) is 48.7. The quantitative estimate of drug-likeness (QED) is 0.0261. The summed E-state index contributed by atoms with van der Waals surface area (Å²) < 4.78 is 11.2. The fraction of sp³-hybridized carbons (Fsp3) is 0.741. The lowest BCUT2D eigenvalue weighted by Gasteiger charge is -2.40. The van der Waals surface area contributed by atoms with E-state index in [2.05, 4.69) is 92.1 Å². The lowest BCUT2D eigenvalue weighted by atomic mass is 9.99. The fourth-order valence-electron chi connectivity index (χ4n) is 8.14. The first-order valence-electron chi connectivity index (χ1n) is 27.3. The zero-order valence-electron chi connectivity index (χ0n) is 42.6. The van der Waals surface area contributed by atoms with Crippen molar-refractivity contribution in [1.82, 2.24) is 5.32 Å². The molecule has 67 heavy (non-hydrogen) atoms. The third-order valence-electron chi connectivity index (χ3n) is 12.5. The molecule has 9 heteroatoms. The van der Waals surface area contributed by atoms with Gasteiger partial charge in [0.1, 0.15) is 24.4 Å². The second kappa shape index (κ2) is 47.1. The molecule has 1 aliphatic heterocycles. The molecule has 1 amide bonds. The first-order valence-corrected chi connectivity index (χ1v) is 27.3. The highest BCUT2D eigenvalue weighted by molar-refractivity contribution is 5.76. The van der Waals surface area contributed by atoms with Gasteiger partial charge in [0.05, 0.1) is 25.4 Å². The number of aliphatic hydroxyl groups excluding tert-OH is 5. The summed E-state index contributed by atoms with van der Waals surface area (Å²) in [6.45, 7) is 3.64. The monoisotopic (exact) mass is 940 g/mol. The van der Waals surface area contributed by atoms with Gasteiger partial charge in [-0.2, -0.15) is 0 Å². The van der Waals surface area contributed by atoms with E-state index in [1.165, 1.54) is 128 Å². The molecule has 0 aromatic carbocycles. The molecular formula is C58H101NO8. The standard InChI is InChI=1S/C58H101NO8/c1-3-5-7-9-11-13-15-17-19-20-21-22-23-24-25-26-27-28-29-30-31-32-34-36-38-40-42-44-46-48-54(62)59-51(50-66-58-57(65)56(64)55(63)53(49-60)67-58)52(61)47-45-43-41-39-37-35-33-18-16-14-12-10-8-6-4-2/h5,7,11,13,17,19,21-22,24-25,37,39,45,47,51-53,55-58,60-61,63-65H,3-4,6,8-10,12,14-16,18,20,23,26-36,38,40-44,46,48-50H2,1-2H3,(H,59,62)/b7-5-,13-11-,19-17-,22-21-,25-24-,39-37+,47-45+. The Hall–Kier alpha value is -2.63. The first-order chi connectivity index (χ1) is 32.8. The summed E-state index contributed by atoms with van der Waals surface area (Å²) in [7, 11) is 0. The van der Waals surface area contributed by atoms with E-state index in [0.717, 1.165) is 70.6 Å². The van der Waals surface area contributed by atoms with Crippen molar-refractivity contribution in [2.24, 2.45) is 0 Å². The molecule has 0 aromatic rings. The Balaban J connectivity index is 2.22. The number of hydrogen-bond donors (Lipinski definition) is 6. The highest BCUT2D eigenvalue weighted by atomic mass is 16.7. The molecule has 9 nitrogen and oxygen atoms in total. The summed E-state index contributed by atoms with van der Waals surface area (Å²) in [5, 5.41) is 54.4. The van der Waals surface area contributed by atoms with Crippen LogP contribution in [-0.4, -0.2) is 87.5 Å². The highest BCUT2D eigenvalue weighted by Crippen LogP contribution is 2.23. The number of ether oxygens (including phenoxy) is 2. The van der Waals surface area contributed by atoms with Gasteiger partial charge in [0, 0.05) is 6.42 Å². The number of allylic oxidation sites excluding steroid dienone is 13. The van der Waals surface area contributed by atoms with Crippen molar-refractivity contribution in [3.05, 3.63) is 85.1 Å². The molecule has 0 bridgehead atoms. The van der Waals surface area contributed by atoms with E-state index in [-0.39, 0.29) is 12.5 Å². The van der Waals surface area contributed by atoms with E-state index in [1.54, 1.807) is 6.08 Å². The number of rotatable bonds is 45. The average Bonchev–Trinajstić information content (AvgIpc) is 3.33. The second-order valence-corrected chi connectivity index (χ2v) is 18.6. The molecule has 0 radical (unpaired) electrons. The molecule has 1 saturated heterocycles. The number of nitrogens with one attached hydrogen (secondary N) is 1. The van der Waals surface area contributed by atoms with E-state index >= 15 is 0 Å². The Morgan fingerprint density at radius 1 is 0.522 bits per heavy atom. The van der Waals surface area contributed by atoms with Crippen LogP contribution in [-0.2, 0) is 14.3 Å². The third-order valence-corrected chi connectivity index (χ3v) is 12.5. The van der Waals surface area contributed by atoms with Crippen LogP contribution in [0.3, 0.4) is 0 Å². The van der Waals surface area contributed by atoms with Crippen LogP contribution < -0.4 is 5.32 Å². The number of unbranched alkanes of at least 4 members (excludes halogenated alkanes) is 23. The molecule has 386 valence electrons. The molecule has 0 aliphatic carbocycles. The van der Waals surface area contributed by atoms with Crippen LogP contribution in [0.15, 0.2) is 85.1 Å². The Morgan fingerprint density at radius 2 is 0.940 bits per heavy atom. The minimum Gasteiger partial charge on any atom is -0.394 e. The number of carbonyl (C=O) groups excluding carboxylic acids is 1. The molecule has 1 heterocycles. The van der Waals surface area contributed by atoms with Crippen molar-refractivity contribution in [1.29, 1.82) is 0 Å². The van der Waals surface area contributed by atoms with E-state index in [0.29, 0.717) is 6.42 Å². The lowest BCUT2D eigenvalue weighted by molar-refractivity contribution is -0.302. The molecule has 7 unspecified atom stereocenters. The predicted molar refractivity (Wildman–Crippen MR) is 281 cm³/mol. The number of aliphatic hydroxyl groups is 5. The van der Waals surface area contributed by atoms with Gasteiger partial charge >= 0.3 is 0 Å². The van der Waals surface area contributed by atoms with Crippen LogP contribution >= 0.6 is 0 Å². The van der Waals surface area contributed by atoms with Gasteiger partial charge in [0.2, 0.25) is 5.91 Å². The summed E-state index contributed by atoms with van der Waals surface area (Å²) in [6.07, 6.45) is 59.3. The van der Waals surface area contributed by atoms with Gasteiger partial charge in [-0.05, 0) is 77.0 Å². The molecule has 7 atom stereocenters. The first kappa shape index (κ1) is 62.4. The molecule has 0 spiro atoms. The van der Waals surface area contributed by atoms with Crippen LogP contribution in [0.5, 0.6) is 0 Å². The maximum atomic E-state index is 13.0. The van der Waals surface area contributed by atoms with Crippen molar-refractivity contribution >= 4 is 5.91 Å². The minimum atomic E-state index is -1.57. The molecule has 1 aliphatic rings. The van der Waals surface area contributed by atoms with Gasteiger partial charge in [0.25, 0.3) is 0 Å². The molecular weight excluding hydrogens is 839 g/mol. The summed E-state index contributed by atoms with van der Waals surface area (Å²) in [4.78, 5) is 13.0. The maximum Gasteiger partial charge on any atom is 0.220 e. The van der Waals surface area contributed by atoms with Gasteiger partial charge < -0.3 is 40.3 Å². The van der Waals surface area contributed by atoms with Crippen molar-refractivity contribution in [2.45, 2.75) is 262 Å². The summed E-state index contributed by atoms with van der Waals surface area (Å²) in [5.74, 6) is -0.191. The fourth-order valence-corrected chi connectivity index (χ4v) is 8.14. The Morgan fingerprint density at radius 3 is 1.43 bits per heavy atom. The zero-order valence-corrected chi connectivity index (χ0v) is 42.6. The van der Waals surface area contributed by atoms with Crippen LogP contribution in [0.25, 0.3) is 0 Å². The SMILES string of the molecule is CC/C=C\C/C=C\C/C=C\C/C=C\C/C=C\CCCCCCCCCCCCCCCC(=O)NC(COC1OC(CO)C(O)C(O)C1O)C(O)/C=C/CC/C=C/CCCCCCCCCCC. The van der Waals surface area contributed by atoms with Crippen molar-refractivity contribution < 1.29 is 39.8 Å². The topological polar surface area (TPSA) is 149 Å². The number of carbonyl (C=O) groups is 1. The molecule has 0 saturated carbocycles. The summed E-state index contributed by atoms with van der Waals surface area (Å²) >= 11 is 0. The van der Waals surface area contributed by atoms with Gasteiger partial charge in [-0.25, -0.2) is 0 Å². The predicted octanol–water partition coefficient (Wildman–Crippen LogP) is 13.1. The third kappa shape index (κ3) is 36.9. The molecule has 6 N–H and O–H groups in total. The molecule has 1 rings (SSSR count). The number of amides is 1. The van der Waals surface area contributed by atoms with E-state index in [9.17, 15) is 30.3 Å². The van der Waals surface area contributed by atoms with Gasteiger partial charge in [-0.15, -0.1) is 0 Å². The van der Waals surface area contributed by atoms with Crippen LogP contribution in [0.1, 0.15) is 219 Å². The van der Waals surface area contributed by atoms with Gasteiger partial charge in [-0.1, -0.05) is 221 Å². The lowest BCUT2D eigenvalue weighted by Crippen LogP contribution is -2.60. The van der Waals surface area contributed by atoms with Crippen LogP contribution in [0, 0.1) is 0 Å². The Bertz CT molecular complexity index is 1320. The Labute approximate surface area is 410 Å². The van der Waals surface area contributed by atoms with E-state index < -0.39 is 49.5 Å². The minimum absolute atomic E-state index is 0.191. The van der Waals surface area contributed by atoms with Crippen molar-refractivity contribution in [2.75, 3.05) is 13.2 Å². The van der Waals surface area contributed by atoms with E-state index in [4.69, 9.17) is 9.47 Å². The highest BCUT2D eigenvalue weighted by Gasteiger charge is 2.44. The van der Waals surface area contributed by atoms with Crippen molar-refractivity contribution in [3.8, 4) is 0 Å². The average molecular weight is 940 g/mol. The van der Waals surface area contributed by atoms with Crippen LogP contribution in [0.4, 0.5) is 0 Å². The van der Waals surface area contributed by atoms with Crippen molar-refractivity contribution in [3.63, 3.8) is 0 Å². The van der Waals surface area contributed by atoms with Gasteiger partial charge in [0.15, 0.2) is 6.29 Å². The summed E-state index contributed by atoms with van der Waals surface area (Å²) in [5.41, 5.74) is 0. The molecule has 1 fully saturated rings. The largest absolute Gasteiger partial charge is 0.394 e. The smallest absolute Gasteiger partial charge is 0.220 e. The number of hydrogen-bond acceptors (Lipinski definition) is 8. The van der Waals surface area contributed by atoms with Gasteiger partial charge in [-0.3, -0.25) is 4.79 Å². The maximum absolute atomic E-state index is 13.0. The van der Waals surface area contributed by atoms with Crippen LogP contribution in [0.2, 0.25) is 0 Å². The second-order valence-electron chi connectivity index (χ2n) is 18.6.